The van der Waals surface area contributed by atoms with E-state index in [0.29, 0.717) is 30.8 Å². The van der Waals surface area contributed by atoms with Gasteiger partial charge in [0, 0.05) is 36.7 Å². The van der Waals surface area contributed by atoms with Gasteiger partial charge in [0.15, 0.2) is 0 Å². The number of pyridine rings is 1. The molecule has 0 spiro atoms. The SMILES string of the molecule is CCc1ccccc1Oc1ccc(C(CC=O)CN(C)Cc2cccc(C)n2)c(C=O)c1.CN. The van der Waals surface area contributed by atoms with Crippen LogP contribution in [0.25, 0.3) is 0 Å². The Morgan fingerprint density at radius 1 is 1.06 bits per heavy atom. The van der Waals surface area contributed by atoms with Crippen LogP contribution in [0.15, 0.2) is 60.7 Å². The second-order valence-corrected chi connectivity index (χ2v) is 8.04. The molecular formula is C28H35N3O3. The standard InChI is InChI=1S/C27H30N2O3.CH5N/c1-4-21-9-5-6-11-27(21)32-25-12-13-26(23(16-25)19-31)22(14-15-30)17-29(3)18-24-10-7-8-20(2)28-24;1-2/h5-13,15-16,19,22H,4,14,17-18H2,1-3H3;2H2,1H3. The summed E-state index contributed by atoms with van der Waals surface area (Å²) >= 11 is 0. The van der Waals surface area contributed by atoms with Gasteiger partial charge in [-0.3, -0.25) is 14.7 Å². The first-order valence-corrected chi connectivity index (χ1v) is 11.5. The van der Waals surface area contributed by atoms with Crippen LogP contribution in [0.1, 0.15) is 52.1 Å². The summed E-state index contributed by atoms with van der Waals surface area (Å²) in [5, 5.41) is 0. The number of aldehydes is 2. The maximum absolute atomic E-state index is 11.9. The maximum atomic E-state index is 11.9. The predicted octanol–water partition coefficient (Wildman–Crippen LogP) is 4.94. The van der Waals surface area contributed by atoms with Crippen LogP contribution in [0.5, 0.6) is 11.5 Å². The summed E-state index contributed by atoms with van der Waals surface area (Å²) in [5.41, 5.74) is 8.96. The van der Waals surface area contributed by atoms with Crippen LogP contribution in [-0.4, -0.2) is 43.1 Å². The third-order valence-corrected chi connectivity index (χ3v) is 5.50. The van der Waals surface area contributed by atoms with Gasteiger partial charge in [-0.05, 0) is 68.9 Å². The van der Waals surface area contributed by atoms with Crippen molar-refractivity contribution in [1.29, 1.82) is 0 Å². The summed E-state index contributed by atoms with van der Waals surface area (Å²) < 4.78 is 6.06. The van der Waals surface area contributed by atoms with Gasteiger partial charge in [-0.25, -0.2) is 0 Å². The van der Waals surface area contributed by atoms with Crippen molar-refractivity contribution in [3.63, 3.8) is 0 Å². The molecule has 180 valence electrons. The number of aryl methyl sites for hydroxylation is 2. The molecule has 1 aromatic heterocycles. The number of ether oxygens (including phenoxy) is 1. The summed E-state index contributed by atoms with van der Waals surface area (Å²) in [6, 6.07) is 19.4. The van der Waals surface area contributed by atoms with Gasteiger partial charge in [0.2, 0.25) is 0 Å². The van der Waals surface area contributed by atoms with Crippen molar-refractivity contribution < 1.29 is 14.3 Å². The molecular weight excluding hydrogens is 426 g/mol. The minimum absolute atomic E-state index is 0.0977. The van der Waals surface area contributed by atoms with Crippen molar-refractivity contribution in [3.05, 3.63) is 88.7 Å². The van der Waals surface area contributed by atoms with Gasteiger partial charge < -0.3 is 15.3 Å². The fourth-order valence-corrected chi connectivity index (χ4v) is 3.93. The maximum Gasteiger partial charge on any atom is 0.150 e. The normalized spacial score (nSPS) is 11.4. The summed E-state index contributed by atoms with van der Waals surface area (Å²) in [4.78, 5) is 30.0. The summed E-state index contributed by atoms with van der Waals surface area (Å²) in [7, 11) is 3.50. The number of rotatable bonds is 11. The minimum Gasteiger partial charge on any atom is -0.457 e. The zero-order valence-electron chi connectivity index (χ0n) is 20.5. The van der Waals surface area contributed by atoms with Crippen LogP contribution < -0.4 is 10.5 Å². The zero-order valence-corrected chi connectivity index (χ0v) is 20.5. The molecule has 3 aromatic rings. The van der Waals surface area contributed by atoms with E-state index in [-0.39, 0.29) is 5.92 Å². The molecule has 2 N–H and O–H groups in total. The molecule has 6 heteroatoms. The lowest BCUT2D eigenvalue weighted by molar-refractivity contribution is -0.108. The largest absolute Gasteiger partial charge is 0.457 e. The van der Waals surface area contributed by atoms with Gasteiger partial charge in [0.1, 0.15) is 24.1 Å². The monoisotopic (exact) mass is 461 g/mol. The average Bonchev–Trinajstić information content (AvgIpc) is 2.85. The first kappa shape index (κ1) is 26.9. The lowest BCUT2D eigenvalue weighted by Crippen LogP contribution is -2.25. The molecule has 1 atom stereocenters. The number of hydrogen-bond donors (Lipinski definition) is 1. The number of benzene rings is 2. The number of aromatic nitrogens is 1. The minimum atomic E-state index is -0.0977. The van der Waals surface area contributed by atoms with Crippen molar-refractivity contribution in [1.82, 2.24) is 9.88 Å². The smallest absolute Gasteiger partial charge is 0.150 e. The van der Waals surface area contributed by atoms with Crippen molar-refractivity contribution in [3.8, 4) is 11.5 Å². The number of para-hydroxylation sites is 1. The van der Waals surface area contributed by atoms with Gasteiger partial charge in [0.25, 0.3) is 0 Å². The Labute approximate surface area is 202 Å². The molecule has 3 rings (SSSR count). The summed E-state index contributed by atoms with van der Waals surface area (Å²) in [6.07, 6.45) is 2.96. The van der Waals surface area contributed by atoms with E-state index in [9.17, 15) is 9.59 Å². The predicted molar refractivity (Wildman–Crippen MR) is 137 cm³/mol. The Morgan fingerprint density at radius 2 is 1.82 bits per heavy atom. The van der Waals surface area contributed by atoms with Gasteiger partial charge in [-0.1, -0.05) is 37.3 Å². The van der Waals surface area contributed by atoms with E-state index in [0.717, 1.165) is 47.3 Å². The highest BCUT2D eigenvalue weighted by Crippen LogP contribution is 2.30. The van der Waals surface area contributed by atoms with Crippen LogP contribution in [0.4, 0.5) is 0 Å². The molecule has 0 radical (unpaired) electrons. The molecule has 0 bridgehead atoms. The summed E-state index contributed by atoms with van der Waals surface area (Å²) in [5.74, 6) is 1.30. The number of nitrogens with zero attached hydrogens (tertiary/aromatic N) is 2. The molecule has 0 aliphatic heterocycles. The third-order valence-electron chi connectivity index (χ3n) is 5.50. The second kappa shape index (κ2) is 14.0. The Balaban J connectivity index is 0.00000199. The lowest BCUT2D eigenvalue weighted by atomic mass is 9.91. The quantitative estimate of drug-likeness (QED) is 0.407. The molecule has 0 aliphatic carbocycles. The van der Waals surface area contributed by atoms with Crippen LogP contribution in [0, 0.1) is 6.92 Å². The first-order chi connectivity index (χ1) is 16.5. The fourth-order valence-electron chi connectivity index (χ4n) is 3.93. The number of likely N-dealkylation sites (N-methyl/N-ethyl adjacent to an activating group) is 1. The van der Waals surface area contributed by atoms with Gasteiger partial charge >= 0.3 is 0 Å². The number of carbonyl (C=O) groups is 2. The second-order valence-electron chi connectivity index (χ2n) is 8.04. The van der Waals surface area contributed by atoms with E-state index in [1.54, 1.807) is 6.07 Å². The summed E-state index contributed by atoms with van der Waals surface area (Å²) in [6.45, 7) is 5.35. The van der Waals surface area contributed by atoms with E-state index in [1.165, 1.54) is 7.05 Å². The van der Waals surface area contributed by atoms with Crippen LogP contribution in [-0.2, 0) is 17.8 Å². The molecule has 1 unspecified atom stereocenters. The highest BCUT2D eigenvalue weighted by molar-refractivity contribution is 5.79. The van der Waals surface area contributed by atoms with E-state index in [4.69, 9.17) is 4.74 Å². The molecule has 0 amide bonds. The van der Waals surface area contributed by atoms with Crippen molar-refractivity contribution in [2.45, 2.75) is 39.2 Å². The number of nitrogens with two attached hydrogens (primary N) is 1. The molecule has 0 fully saturated rings. The molecule has 0 aliphatic rings. The average molecular weight is 462 g/mol. The molecule has 1 heterocycles. The Kier molecular flexibility index (Phi) is 11.1. The van der Waals surface area contributed by atoms with Crippen molar-refractivity contribution >= 4 is 12.6 Å². The zero-order chi connectivity index (χ0) is 24.9. The topological polar surface area (TPSA) is 85.5 Å². The van der Waals surface area contributed by atoms with Crippen LogP contribution in [0.2, 0.25) is 0 Å². The van der Waals surface area contributed by atoms with E-state index in [2.05, 4.69) is 22.5 Å². The van der Waals surface area contributed by atoms with Crippen LogP contribution >= 0.6 is 0 Å². The molecule has 6 nitrogen and oxygen atoms in total. The van der Waals surface area contributed by atoms with E-state index >= 15 is 0 Å². The van der Waals surface area contributed by atoms with Crippen molar-refractivity contribution in [2.24, 2.45) is 5.73 Å². The Hall–Kier alpha value is -3.35. The highest BCUT2D eigenvalue weighted by Gasteiger charge is 2.19. The number of hydrogen-bond acceptors (Lipinski definition) is 6. The molecule has 2 aromatic carbocycles. The Bertz CT molecular complexity index is 1070. The van der Waals surface area contributed by atoms with Crippen LogP contribution in [0.3, 0.4) is 0 Å². The van der Waals surface area contributed by atoms with Gasteiger partial charge in [-0.15, -0.1) is 0 Å². The fraction of sp³-hybridized carbons (Fsp3) is 0.321. The first-order valence-electron chi connectivity index (χ1n) is 11.5. The van der Waals surface area contributed by atoms with Crippen molar-refractivity contribution in [2.75, 3.05) is 20.6 Å². The van der Waals surface area contributed by atoms with E-state index < -0.39 is 0 Å². The third kappa shape index (κ3) is 7.61. The number of carbonyl (C=O) groups excluding carboxylic acids is 2. The highest BCUT2D eigenvalue weighted by atomic mass is 16.5. The Morgan fingerprint density at radius 3 is 2.50 bits per heavy atom. The lowest BCUT2D eigenvalue weighted by Gasteiger charge is -2.24. The molecule has 0 saturated heterocycles. The van der Waals surface area contributed by atoms with Gasteiger partial charge in [0.05, 0.1) is 5.69 Å². The molecule has 0 saturated carbocycles. The van der Waals surface area contributed by atoms with Gasteiger partial charge in [-0.2, -0.15) is 0 Å². The molecule has 34 heavy (non-hydrogen) atoms. The van der Waals surface area contributed by atoms with E-state index in [1.807, 2.05) is 68.6 Å².